The first-order chi connectivity index (χ1) is 11.1. The Kier molecular flexibility index (Phi) is 4.47. The van der Waals surface area contributed by atoms with E-state index in [1.54, 1.807) is 0 Å². The lowest BCUT2D eigenvalue weighted by molar-refractivity contribution is 0.0947. The molecule has 1 aromatic heterocycles. The highest BCUT2D eigenvalue weighted by Gasteiger charge is 2.16. The zero-order chi connectivity index (χ0) is 16.2. The van der Waals surface area contributed by atoms with Gasteiger partial charge in [0, 0.05) is 13.1 Å². The fourth-order valence-electron chi connectivity index (χ4n) is 2.10. The van der Waals surface area contributed by atoms with Gasteiger partial charge in [-0.3, -0.25) is 4.79 Å². The van der Waals surface area contributed by atoms with Crippen LogP contribution in [-0.2, 0) is 0 Å². The summed E-state index contributed by atoms with van der Waals surface area (Å²) in [5.74, 6) is -2.52. The normalized spacial score (nSPS) is 10.7. The van der Waals surface area contributed by atoms with Crippen molar-refractivity contribution in [2.24, 2.45) is 0 Å². The summed E-state index contributed by atoms with van der Waals surface area (Å²) >= 11 is 1.50. The van der Waals surface area contributed by atoms with Crippen LogP contribution < -0.4 is 10.6 Å². The van der Waals surface area contributed by atoms with Crippen LogP contribution in [0.5, 0.6) is 0 Å². The Morgan fingerprint density at radius 2 is 1.78 bits per heavy atom. The van der Waals surface area contributed by atoms with E-state index in [9.17, 15) is 13.6 Å². The van der Waals surface area contributed by atoms with Crippen molar-refractivity contribution in [1.29, 1.82) is 0 Å². The van der Waals surface area contributed by atoms with Crippen molar-refractivity contribution in [1.82, 2.24) is 10.3 Å². The van der Waals surface area contributed by atoms with E-state index in [1.807, 2.05) is 24.3 Å². The predicted octanol–water partition coefficient (Wildman–Crippen LogP) is 3.42. The maximum atomic E-state index is 13.5. The van der Waals surface area contributed by atoms with Crippen LogP contribution in [0, 0.1) is 11.6 Å². The van der Waals surface area contributed by atoms with Gasteiger partial charge < -0.3 is 10.6 Å². The molecule has 1 amide bonds. The molecule has 0 aliphatic heterocycles. The molecule has 0 bridgehead atoms. The number of fused-ring (bicyclic) bond motifs is 1. The van der Waals surface area contributed by atoms with Gasteiger partial charge in [0.2, 0.25) is 0 Å². The second kappa shape index (κ2) is 6.70. The average Bonchev–Trinajstić information content (AvgIpc) is 2.94. The number of aromatic nitrogens is 1. The third kappa shape index (κ3) is 3.45. The number of carbonyl (C=O) groups excluding carboxylic acids is 1. The number of halogens is 2. The zero-order valence-corrected chi connectivity index (χ0v) is 12.8. The fraction of sp³-hybridized carbons (Fsp3) is 0.125. The van der Waals surface area contributed by atoms with Crippen molar-refractivity contribution in [2.45, 2.75) is 0 Å². The van der Waals surface area contributed by atoms with Gasteiger partial charge in [-0.2, -0.15) is 0 Å². The van der Waals surface area contributed by atoms with Gasteiger partial charge in [-0.25, -0.2) is 13.8 Å². The first-order valence-electron chi connectivity index (χ1n) is 6.97. The topological polar surface area (TPSA) is 54.0 Å². The molecule has 0 aliphatic rings. The molecule has 1 heterocycles. The summed E-state index contributed by atoms with van der Waals surface area (Å²) in [5, 5.41) is 6.29. The van der Waals surface area contributed by atoms with E-state index in [4.69, 9.17) is 0 Å². The molecule has 7 heteroatoms. The highest BCUT2D eigenvalue weighted by Crippen LogP contribution is 2.24. The summed E-state index contributed by atoms with van der Waals surface area (Å²) in [6, 6.07) is 11.1. The molecule has 2 N–H and O–H groups in total. The largest absolute Gasteiger partial charge is 0.360 e. The summed E-state index contributed by atoms with van der Waals surface area (Å²) in [4.78, 5) is 16.2. The van der Waals surface area contributed by atoms with E-state index in [-0.39, 0.29) is 6.54 Å². The van der Waals surface area contributed by atoms with E-state index < -0.39 is 23.1 Å². The number of thiazole rings is 1. The van der Waals surface area contributed by atoms with E-state index in [2.05, 4.69) is 15.6 Å². The van der Waals surface area contributed by atoms with Crippen LogP contribution >= 0.6 is 11.3 Å². The van der Waals surface area contributed by atoms with E-state index in [0.29, 0.717) is 6.54 Å². The van der Waals surface area contributed by atoms with Crippen molar-refractivity contribution in [3.8, 4) is 0 Å². The van der Waals surface area contributed by atoms with E-state index in [1.165, 1.54) is 17.4 Å². The average molecular weight is 333 g/mol. The number of anilines is 1. The second-order valence-corrected chi connectivity index (χ2v) is 5.80. The SMILES string of the molecule is O=C(NCCNc1nc2ccccc2s1)c1c(F)cccc1F. The molecule has 0 fully saturated rings. The van der Waals surface area contributed by atoms with Gasteiger partial charge >= 0.3 is 0 Å². The first kappa shape index (κ1) is 15.4. The fourth-order valence-corrected chi connectivity index (χ4v) is 2.99. The van der Waals surface area contributed by atoms with Gasteiger partial charge in [-0.1, -0.05) is 29.5 Å². The molecule has 3 rings (SSSR count). The lowest BCUT2D eigenvalue weighted by atomic mass is 10.2. The minimum Gasteiger partial charge on any atom is -0.360 e. The van der Waals surface area contributed by atoms with Crippen LogP contribution in [-0.4, -0.2) is 24.0 Å². The van der Waals surface area contributed by atoms with Gasteiger partial charge in [0.05, 0.1) is 10.2 Å². The number of para-hydroxylation sites is 1. The highest BCUT2D eigenvalue weighted by atomic mass is 32.1. The van der Waals surface area contributed by atoms with Crippen molar-refractivity contribution in [2.75, 3.05) is 18.4 Å². The number of rotatable bonds is 5. The summed E-state index contributed by atoms with van der Waals surface area (Å²) in [5.41, 5.74) is 0.338. The zero-order valence-electron chi connectivity index (χ0n) is 12.0. The molecule has 0 aliphatic carbocycles. The molecule has 4 nitrogen and oxygen atoms in total. The molecule has 0 radical (unpaired) electrons. The van der Waals surface area contributed by atoms with Crippen LogP contribution in [0.15, 0.2) is 42.5 Å². The summed E-state index contributed by atoms with van der Waals surface area (Å²) in [6.45, 7) is 0.629. The lowest BCUT2D eigenvalue weighted by Crippen LogP contribution is -2.30. The third-order valence-corrected chi connectivity index (χ3v) is 4.16. The Morgan fingerprint density at radius 3 is 2.52 bits per heavy atom. The van der Waals surface area contributed by atoms with Gasteiger partial charge in [0.1, 0.15) is 17.2 Å². The van der Waals surface area contributed by atoms with Gasteiger partial charge in [0.25, 0.3) is 5.91 Å². The van der Waals surface area contributed by atoms with Gasteiger partial charge in [0.15, 0.2) is 5.13 Å². The van der Waals surface area contributed by atoms with Crippen LogP contribution in [0.1, 0.15) is 10.4 Å². The highest BCUT2D eigenvalue weighted by molar-refractivity contribution is 7.22. The minimum absolute atomic E-state index is 0.225. The number of hydrogen-bond donors (Lipinski definition) is 2. The van der Waals surface area contributed by atoms with Crippen LogP contribution in [0.3, 0.4) is 0 Å². The molecule has 2 aromatic carbocycles. The Labute approximate surface area is 135 Å². The molecule has 0 unspecified atom stereocenters. The van der Waals surface area contributed by atoms with Gasteiger partial charge in [-0.15, -0.1) is 0 Å². The number of nitrogens with zero attached hydrogens (tertiary/aromatic N) is 1. The number of nitrogens with one attached hydrogen (secondary N) is 2. The maximum Gasteiger partial charge on any atom is 0.257 e. The smallest absolute Gasteiger partial charge is 0.257 e. The number of benzene rings is 2. The Hall–Kier alpha value is -2.54. The lowest BCUT2D eigenvalue weighted by Gasteiger charge is -2.07. The Bertz CT molecular complexity index is 797. The van der Waals surface area contributed by atoms with Crippen molar-refractivity contribution < 1.29 is 13.6 Å². The van der Waals surface area contributed by atoms with E-state index >= 15 is 0 Å². The second-order valence-electron chi connectivity index (χ2n) is 4.77. The van der Waals surface area contributed by atoms with Crippen molar-refractivity contribution in [3.05, 3.63) is 59.7 Å². The number of hydrogen-bond acceptors (Lipinski definition) is 4. The third-order valence-electron chi connectivity index (χ3n) is 3.17. The maximum absolute atomic E-state index is 13.5. The number of carbonyl (C=O) groups is 1. The van der Waals surface area contributed by atoms with E-state index in [0.717, 1.165) is 27.5 Å². The van der Waals surface area contributed by atoms with Crippen LogP contribution in [0.4, 0.5) is 13.9 Å². The molecule has 23 heavy (non-hydrogen) atoms. The summed E-state index contributed by atoms with van der Waals surface area (Å²) in [7, 11) is 0. The summed E-state index contributed by atoms with van der Waals surface area (Å²) in [6.07, 6.45) is 0. The van der Waals surface area contributed by atoms with Gasteiger partial charge in [-0.05, 0) is 24.3 Å². The minimum atomic E-state index is -0.873. The Morgan fingerprint density at radius 1 is 1.04 bits per heavy atom. The molecular weight excluding hydrogens is 320 g/mol. The molecule has 0 atom stereocenters. The number of amides is 1. The quantitative estimate of drug-likeness (QED) is 0.704. The summed E-state index contributed by atoms with van der Waals surface area (Å²) < 4.78 is 28.0. The molecule has 0 saturated carbocycles. The standard InChI is InChI=1S/C16H13F2N3OS/c17-10-4-3-5-11(18)14(10)15(22)19-8-9-20-16-21-12-6-1-2-7-13(12)23-16/h1-7H,8-9H2,(H,19,22)(H,20,21). The van der Waals surface area contributed by atoms with Crippen LogP contribution in [0.2, 0.25) is 0 Å². The molecular formula is C16H13F2N3OS. The molecule has 3 aromatic rings. The predicted molar refractivity (Wildman–Crippen MR) is 86.8 cm³/mol. The van der Waals surface area contributed by atoms with Crippen molar-refractivity contribution >= 4 is 32.6 Å². The molecule has 118 valence electrons. The molecule has 0 saturated heterocycles. The van der Waals surface area contributed by atoms with Crippen LogP contribution in [0.25, 0.3) is 10.2 Å². The molecule has 0 spiro atoms. The first-order valence-corrected chi connectivity index (χ1v) is 7.78. The monoisotopic (exact) mass is 333 g/mol. The Balaban J connectivity index is 1.54. The van der Waals surface area contributed by atoms with Crippen molar-refractivity contribution in [3.63, 3.8) is 0 Å².